The van der Waals surface area contributed by atoms with E-state index in [0.717, 1.165) is 13.1 Å². The molecule has 1 rings (SSSR count). The minimum Gasteiger partial charge on any atom is -0.309 e. The van der Waals surface area contributed by atoms with Crippen molar-refractivity contribution in [1.82, 2.24) is 10.2 Å². The lowest BCUT2D eigenvalue weighted by Crippen LogP contribution is -2.41. The van der Waals surface area contributed by atoms with E-state index in [-0.39, 0.29) is 0 Å². The highest BCUT2D eigenvalue weighted by atomic mass is 15.2. The van der Waals surface area contributed by atoms with Gasteiger partial charge in [-0.2, -0.15) is 0 Å². The molecule has 1 aromatic rings. The third kappa shape index (κ3) is 4.92. The van der Waals surface area contributed by atoms with Crippen molar-refractivity contribution in [2.75, 3.05) is 13.1 Å². The normalized spacial score (nSPS) is 13.5. The molecule has 0 spiro atoms. The average Bonchev–Trinajstić information content (AvgIpc) is 2.33. The minimum absolute atomic E-state index is 0.414. The Kier molecular flexibility index (Phi) is 6.70. The quantitative estimate of drug-likeness (QED) is 0.807. The Morgan fingerprint density at radius 1 is 1.00 bits per heavy atom. The Balaban J connectivity index is 2.53. The Labute approximate surface area is 125 Å². The fourth-order valence-corrected chi connectivity index (χ4v) is 2.94. The molecule has 20 heavy (non-hydrogen) atoms. The number of nitrogens with zero attached hydrogens (tertiary/aromatic N) is 1. The van der Waals surface area contributed by atoms with Crippen LogP contribution in [0.15, 0.2) is 18.2 Å². The van der Waals surface area contributed by atoms with Crippen LogP contribution in [0.4, 0.5) is 0 Å². The summed E-state index contributed by atoms with van der Waals surface area (Å²) in [4.78, 5) is 2.53. The highest BCUT2D eigenvalue weighted by Crippen LogP contribution is 2.18. The van der Waals surface area contributed by atoms with Crippen LogP contribution in [-0.2, 0) is 0 Å². The van der Waals surface area contributed by atoms with Crippen molar-refractivity contribution in [2.24, 2.45) is 0 Å². The molecule has 0 saturated heterocycles. The van der Waals surface area contributed by atoms with Gasteiger partial charge in [0.1, 0.15) is 0 Å². The van der Waals surface area contributed by atoms with E-state index in [1.165, 1.54) is 16.7 Å². The monoisotopic (exact) mass is 276 g/mol. The molecule has 0 saturated carbocycles. The van der Waals surface area contributed by atoms with Gasteiger partial charge in [0.2, 0.25) is 0 Å². The molecule has 2 nitrogen and oxygen atoms in total. The van der Waals surface area contributed by atoms with Crippen LogP contribution in [0.25, 0.3) is 0 Å². The molecule has 1 atom stereocenters. The van der Waals surface area contributed by atoms with Crippen molar-refractivity contribution in [1.29, 1.82) is 0 Å². The van der Waals surface area contributed by atoms with Gasteiger partial charge in [-0.25, -0.2) is 0 Å². The van der Waals surface area contributed by atoms with E-state index in [1.807, 2.05) is 0 Å². The zero-order chi connectivity index (χ0) is 15.3. The highest BCUT2D eigenvalue weighted by molar-refractivity contribution is 5.32. The first-order valence-corrected chi connectivity index (χ1v) is 7.89. The predicted octanol–water partition coefficient (Wildman–Crippen LogP) is 4.07. The van der Waals surface area contributed by atoms with Gasteiger partial charge in [0.15, 0.2) is 0 Å². The Morgan fingerprint density at radius 2 is 1.60 bits per heavy atom. The van der Waals surface area contributed by atoms with Crippen LogP contribution in [0.5, 0.6) is 0 Å². The fourth-order valence-electron chi connectivity index (χ4n) is 2.94. The highest BCUT2D eigenvalue weighted by Gasteiger charge is 2.13. The lowest BCUT2D eigenvalue weighted by molar-refractivity contribution is 0.174. The topological polar surface area (TPSA) is 15.3 Å². The van der Waals surface area contributed by atoms with Gasteiger partial charge < -0.3 is 5.32 Å². The van der Waals surface area contributed by atoms with Gasteiger partial charge in [0.25, 0.3) is 0 Å². The second-order valence-electron chi connectivity index (χ2n) is 6.46. The van der Waals surface area contributed by atoms with E-state index in [0.29, 0.717) is 18.1 Å². The second-order valence-corrected chi connectivity index (χ2v) is 6.46. The minimum atomic E-state index is 0.414. The summed E-state index contributed by atoms with van der Waals surface area (Å²) >= 11 is 0. The Hall–Kier alpha value is -0.860. The van der Waals surface area contributed by atoms with Crippen LogP contribution in [0.3, 0.4) is 0 Å². The van der Waals surface area contributed by atoms with Crippen LogP contribution in [-0.4, -0.2) is 30.1 Å². The van der Waals surface area contributed by atoms with Gasteiger partial charge in [0.05, 0.1) is 0 Å². The largest absolute Gasteiger partial charge is 0.309 e. The van der Waals surface area contributed by atoms with Crippen molar-refractivity contribution < 1.29 is 0 Å². The molecule has 114 valence electrons. The number of nitrogens with one attached hydrogen (secondary N) is 1. The van der Waals surface area contributed by atoms with Crippen molar-refractivity contribution in [3.63, 3.8) is 0 Å². The summed E-state index contributed by atoms with van der Waals surface area (Å²) in [6.45, 7) is 17.8. The summed E-state index contributed by atoms with van der Waals surface area (Å²) in [5, 5.41) is 3.66. The zero-order valence-electron chi connectivity index (χ0n) is 14.3. The fraction of sp³-hybridized carbons (Fsp3) is 0.667. The van der Waals surface area contributed by atoms with Crippen LogP contribution < -0.4 is 5.32 Å². The second kappa shape index (κ2) is 7.80. The van der Waals surface area contributed by atoms with Gasteiger partial charge in [-0.1, -0.05) is 23.8 Å². The SMILES string of the molecule is Cc1ccc(C(C)NCCN(C(C)C)C(C)C)c(C)c1. The molecule has 2 heteroatoms. The number of hydrogen-bond donors (Lipinski definition) is 1. The lowest BCUT2D eigenvalue weighted by Gasteiger charge is -2.31. The molecule has 0 bridgehead atoms. The van der Waals surface area contributed by atoms with E-state index < -0.39 is 0 Å². The maximum absolute atomic E-state index is 3.66. The molecule has 0 aliphatic rings. The van der Waals surface area contributed by atoms with Crippen LogP contribution >= 0.6 is 0 Å². The summed E-state index contributed by atoms with van der Waals surface area (Å²) in [6.07, 6.45) is 0. The number of rotatable bonds is 7. The molecular weight excluding hydrogens is 244 g/mol. The first-order valence-electron chi connectivity index (χ1n) is 7.89. The third-order valence-electron chi connectivity index (χ3n) is 4.04. The van der Waals surface area contributed by atoms with Crippen LogP contribution in [0, 0.1) is 13.8 Å². The summed E-state index contributed by atoms with van der Waals surface area (Å²) < 4.78 is 0. The van der Waals surface area contributed by atoms with Gasteiger partial charge in [-0.3, -0.25) is 4.90 Å². The number of benzene rings is 1. The van der Waals surface area contributed by atoms with Gasteiger partial charge >= 0.3 is 0 Å². The maximum atomic E-state index is 3.66. The van der Waals surface area contributed by atoms with E-state index in [4.69, 9.17) is 0 Å². The first kappa shape index (κ1) is 17.2. The molecule has 1 N–H and O–H groups in total. The standard InChI is InChI=1S/C18H32N2/c1-13(2)20(14(3)4)11-10-19-17(7)18-9-8-15(5)12-16(18)6/h8-9,12-14,17,19H,10-11H2,1-7H3. The summed E-state index contributed by atoms with van der Waals surface area (Å²) in [5.74, 6) is 0. The van der Waals surface area contributed by atoms with E-state index in [2.05, 4.69) is 76.9 Å². The molecule has 0 fully saturated rings. The van der Waals surface area contributed by atoms with E-state index >= 15 is 0 Å². The van der Waals surface area contributed by atoms with E-state index in [1.54, 1.807) is 0 Å². The lowest BCUT2D eigenvalue weighted by atomic mass is 10.0. The van der Waals surface area contributed by atoms with Crippen LogP contribution in [0.2, 0.25) is 0 Å². The van der Waals surface area contributed by atoms with Crippen molar-refractivity contribution in [3.05, 3.63) is 34.9 Å². The van der Waals surface area contributed by atoms with Crippen molar-refractivity contribution in [3.8, 4) is 0 Å². The Bertz CT molecular complexity index is 402. The van der Waals surface area contributed by atoms with Crippen molar-refractivity contribution >= 4 is 0 Å². The molecule has 0 radical (unpaired) electrons. The van der Waals surface area contributed by atoms with Crippen molar-refractivity contribution in [2.45, 2.75) is 66.6 Å². The molecular formula is C18H32N2. The summed E-state index contributed by atoms with van der Waals surface area (Å²) in [5.41, 5.74) is 4.13. The number of aryl methyl sites for hydroxylation is 2. The van der Waals surface area contributed by atoms with E-state index in [9.17, 15) is 0 Å². The molecule has 0 heterocycles. The predicted molar refractivity (Wildman–Crippen MR) is 89.3 cm³/mol. The molecule has 0 aliphatic heterocycles. The zero-order valence-corrected chi connectivity index (χ0v) is 14.3. The van der Waals surface area contributed by atoms with Crippen LogP contribution in [0.1, 0.15) is 57.4 Å². The summed E-state index contributed by atoms with van der Waals surface area (Å²) in [6, 6.07) is 8.35. The maximum Gasteiger partial charge on any atom is 0.0294 e. The Morgan fingerprint density at radius 3 is 2.10 bits per heavy atom. The molecule has 0 amide bonds. The third-order valence-corrected chi connectivity index (χ3v) is 4.04. The molecule has 1 aromatic carbocycles. The summed E-state index contributed by atoms with van der Waals surface area (Å²) in [7, 11) is 0. The molecule has 1 unspecified atom stereocenters. The average molecular weight is 276 g/mol. The van der Waals surface area contributed by atoms with Gasteiger partial charge in [-0.15, -0.1) is 0 Å². The molecule has 0 aromatic heterocycles. The van der Waals surface area contributed by atoms with Gasteiger partial charge in [-0.05, 0) is 59.6 Å². The smallest absolute Gasteiger partial charge is 0.0294 e. The molecule has 0 aliphatic carbocycles. The number of hydrogen-bond acceptors (Lipinski definition) is 2. The first-order chi connectivity index (χ1) is 9.32. The van der Waals surface area contributed by atoms with Gasteiger partial charge in [0, 0.05) is 31.2 Å².